The Kier molecular flexibility index (Phi) is 13.1. The summed E-state index contributed by atoms with van der Waals surface area (Å²) in [6, 6.07) is 22.4. The van der Waals surface area contributed by atoms with E-state index in [0.717, 1.165) is 43.3 Å². The first-order valence-electron chi connectivity index (χ1n) is 17.9. The first-order chi connectivity index (χ1) is 23.0. The zero-order valence-electron chi connectivity index (χ0n) is 28.0. The van der Waals surface area contributed by atoms with Crippen LogP contribution in [0.2, 0.25) is 0 Å². The van der Waals surface area contributed by atoms with Crippen LogP contribution < -0.4 is 9.47 Å². The molecule has 5 nitrogen and oxygen atoms in total. The lowest BCUT2D eigenvalue weighted by molar-refractivity contribution is 0.0985. The molecule has 0 amide bonds. The van der Waals surface area contributed by atoms with Gasteiger partial charge in [-0.15, -0.1) is 0 Å². The fraction of sp³-hybridized carbons (Fsp3) is 0.452. The molecule has 1 unspecified atom stereocenters. The highest BCUT2D eigenvalue weighted by molar-refractivity contribution is 6.11. The first kappa shape index (κ1) is 34.5. The van der Waals surface area contributed by atoms with E-state index < -0.39 is 6.10 Å². The molecular weight excluding hydrogens is 584 g/mol. The molecule has 47 heavy (non-hydrogen) atoms. The van der Waals surface area contributed by atoms with E-state index in [4.69, 9.17) is 9.47 Å². The van der Waals surface area contributed by atoms with Crippen molar-refractivity contribution in [3.63, 3.8) is 0 Å². The van der Waals surface area contributed by atoms with Crippen LogP contribution in [0.3, 0.4) is 0 Å². The first-order valence-corrected chi connectivity index (χ1v) is 17.9. The van der Waals surface area contributed by atoms with Crippen LogP contribution in [0.4, 0.5) is 0 Å². The van der Waals surface area contributed by atoms with Crippen molar-refractivity contribution in [1.29, 1.82) is 0 Å². The lowest BCUT2D eigenvalue weighted by Gasteiger charge is -2.29. The molecule has 0 radical (unpaired) electrons. The summed E-state index contributed by atoms with van der Waals surface area (Å²) in [5.41, 5.74) is 4.43. The molecule has 2 aliphatic rings. The van der Waals surface area contributed by atoms with Gasteiger partial charge in [0, 0.05) is 11.6 Å². The van der Waals surface area contributed by atoms with Gasteiger partial charge in [0.25, 0.3) is 0 Å². The van der Waals surface area contributed by atoms with Crippen molar-refractivity contribution in [2.24, 2.45) is 5.92 Å². The number of Topliss-reactive ketones (excluding diaryl/α,β-unsaturated/α-hetero) is 1. The summed E-state index contributed by atoms with van der Waals surface area (Å²) in [5.74, 6) is 2.59. The number of phenolic OH excluding ortho intramolecular Hbond substituents is 1. The maximum absolute atomic E-state index is 12.7. The Morgan fingerprint density at radius 3 is 2.04 bits per heavy atom. The second-order valence-electron chi connectivity index (χ2n) is 13.3. The number of phenols is 1. The minimum absolute atomic E-state index is 0.140. The molecule has 2 aliphatic carbocycles. The third kappa shape index (κ3) is 10.1. The highest BCUT2D eigenvalue weighted by atomic mass is 16.5. The number of ketones is 1. The number of aliphatic hydroxyl groups excluding tert-OH is 1. The summed E-state index contributed by atoms with van der Waals surface area (Å²) in [6.45, 7) is 3.51. The average molecular weight is 637 g/mol. The Bertz CT molecular complexity index is 1460. The van der Waals surface area contributed by atoms with E-state index in [9.17, 15) is 15.0 Å². The molecule has 0 spiro atoms. The van der Waals surface area contributed by atoms with Gasteiger partial charge in [0.05, 0.1) is 24.9 Å². The fourth-order valence-electron chi connectivity index (χ4n) is 6.89. The van der Waals surface area contributed by atoms with Gasteiger partial charge in [-0.3, -0.25) is 4.79 Å². The van der Waals surface area contributed by atoms with Crippen LogP contribution in [-0.2, 0) is 0 Å². The highest BCUT2D eigenvalue weighted by Gasteiger charge is 2.24. The summed E-state index contributed by atoms with van der Waals surface area (Å²) in [4.78, 5) is 12.7. The number of aromatic hydroxyl groups is 1. The maximum Gasteiger partial charge on any atom is 0.195 e. The summed E-state index contributed by atoms with van der Waals surface area (Å²) in [7, 11) is 0. The largest absolute Gasteiger partial charge is 0.507 e. The number of aliphatic hydroxyl groups is 1. The van der Waals surface area contributed by atoms with E-state index in [1.54, 1.807) is 24.3 Å². The Morgan fingerprint density at radius 1 is 0.766 bits per heavy atom. The van der Waals surface area contributed by atoms with Crippen molar-refractivity contribution < 1.29 is 24.5 Å². The van der Waals surface area contributed by atoms with Crippen molar-refractivity contribution in [3.05, 3.63) is 102 Å². The Labute approximate surface area is 281 Å². The molecule has 1 atom stereocenters. The van der Waals surface area contributed by atoms with E-state index in [1.807, 2.05) is 6.08 Å². The van der Waals surface area contributed by atoms with Gasteiger partial charge in [0.2, 0.25) is 0 Å². The molecule has 250 valence electrons. The van der Waals surface area contributed by atoms with Gasteiger partial charge in [-0.05, 0) is 111 Å². The molecule has 3 aromatic rings. The van der Waals surface area contributed by atoms with Crippen molar-refractivity contribution in [1.82, 2.24) is 0 Å². The molecule has 3 aromatic carbocycles. The number of carbonyl (C=O) groups excluding carboxylic acids is 1. The molecule has 5 rings (SSSR count). The number of hydrogen-bond donors (Lipinski definition) is 2. The van der Waals surface area contributed by atoms with Gasteiger partial charge in [0.15, 0.2) is 5.78 Å². The van der Waals surface area contributed by atoms with Crippen LogP contribution in [-0.4, -0.2) is 35.3 Å². The molecular formula is C42H52O5. The van der Waals surface area contributed by atoms with Crippen molar-refractivity contribution >= 4 is 5.78 Å². The standard InChI is InChI=1S/C42H52O5/c1-2-3-6-11-31-14-16-32(17-15-31)33-18-20-34(21-19-33)35-22-24-36(25-23-35)46-28-9-4-5-10-29-47-37-26-27-39(41(44)30-37)42(45)38-12-7-8-13-40(38)43/h7-8,12,18-27,30-32,40,43-44H,2-6,9-11,13-17,28-29H2,1H3. The number of unbranched alkanes of at least 4 members (excludes halogenated alkanes) is 5. The maximum atomic E-state index is 12.7. The smallest absolute Gasteiger partial charge is 0.195 e. The third-order valence-corrected chi connectivity index (χ3v) is 9.81. The molecule has 5 heteroatoms. The second-order valence-corrected chi connectivity index (χ2v) is 13.3. The van der Waals surface area contributed by atoms with Gasteiger partial charge in [-0.1, -0.05) is 87.2 Å². The minimum atomic E-state index is -0.846. The Morgan fingerprint density at radius 2 is 1.40 bits per heavy atom. The zero-order chi connectivity index (χ0) is 32.8. The quantitative estimate of drug-likeness (QED) is 0.114. The number of rotatable bonds is 17. The lowest BCUT2D eigenvalue weighted by Crippen LogP contribution is -2.19. The van der Waals surface area contributed by atoms with Crippen LogP contribution in [0.15, 0.2) is 90.5 Å². The number of benzene rings is 3. The van der Waals surface area contributed by atoms with Gasteiger partial charge < -0.3 is 19.7 Å². The molecule has 0 aromatic heterocycles. The summed E-state index contributed by atoms with van der Waals surface area (Å²) in [5, 5.41) is 20.5. The van der Waals surface area contributed by atoms with Gasteiger partial charge >= 0.3 is 0 Å². The summed E-state index contributed by atoms with van der Waals surface area (Å²) < 4.78 is 11.8. The van der Waals surface area contributed by atoms with Crippen LogP contribution in [0.1, 0.15) is 112 Å². The zero-order valence-corrected chi connectivity index (χ0v) is 28.0. The molecule has 2 N–H and O–H groups in total. The normalized spacial score (nSPS) is 19.3. The van der Waals surface area contributed by atoms with Crippen LogP contribution >= 0.6 is 0 Å². The number of carbonyl (C=O) groups is 1. The van der Waals surface area contributed by atoms with E-state index >= 15 is 0 Å². The predicted octanol–water partition coefficient (Wildman–Crippen LogP) is 10.4. The van der Waals surface area contributed by atoms with Gasteiger partial charge in [-0.25, -0.2) is 0 Å². The third-order valence-electron chi connectivity index (χ3n) is 9.81. The van der Waals surface area contributed by atoms with Crippen molar-refractivity contribution in [3.8, 4) is 28.4 Å². The summed E-state index contributed by atoms with van der Waals surface area (Å²) in [6.07, 6.45) is 19.6. The van der Waals surface area contributed by atoms with Crippen LogP contribution in [0.25, 0.3) is 11.1 Å². The van der Waals surface area contributed by atoms with E-state index in [-0.39, 0.29) is 17.1 Å². The lowest BCUT2D eigenvalue weighted by atomic mass is 9.77. The SMILES string of the molecule is CCCCCC1CCC(c2ccc(-c3ccc(OCCCCCCOc4ccc(C(=O)C5=CC=CCC5O)c(O)c4)cc3)cc2)CC1. The minimum Gasteiger partial charge on any atom is -0.507 e. The topological polar surface area (TPSA) is 76.0 Å². The average Bonchev–Trinajstić information content (AvgIpc) is 3.10. The molecule has 0 aliphatic heterocycles. The van der Waals surface area contributed by atoms with E-state index in [2.05, 4.69) is 55.5 Å². The molecule has 0 bridgehead atoms. The number of ether oxygens (including phenoxy) is 2. The Balaban J connectivity index is 0.951. The Hall–Kier alpha value is -3.83. The number of allylic oxidation sites excluding steroid dienone is 2. The predicted molar refractivity (Wildman–Crippen MR) is 190 cm³/mol. The van der Waals surface area contributed by atoms with Crippen LogP contribution in [0, 0.1) is 5.92 Å². The van der Waals surface area contributed by atoms with Crippen LogP contribution in [0.5, 0.6) is 17.2 Å². The molecule has 1 fully saturated rings. The highest BCUT2D eigenvalue weighted by Crippen LogP contribution is 2.38. The van der Waals surface area contributed by atoms with E-state index in [1.165, 1.54) is 74.1 Å². The monoisotopic (exact) mass is 636 g/mol. The molecule has 1 saturated carbocycles. The number of hydrogen-bond acceptors (Lipinski definition) is 5. The summed E-state index contributed by atoms with van der Waals surface area (Å²) >= 11 is 0. The molecule has 0 saturated heterocycles. The van der Waals surface area contributed by atoms with Crippen molar-refractivity contribution in [2.45, 2.75) is 102 Å². The van der Waals surface area contributed by atoms with Gasteiger partial charge in [0.1, 0.15) is 17.2 Å². The second kappa shape index (κ2) is 17.9. The molecule has 0 heterocycles. The van der Waals surface area contributed by atoms with Crippen molar-refractivity contribution in [2.75, 3.05) is 13.2 Å². The van der Waals surface area contributed by atoms with E-state index in [0.29, 0.717) is 31.0 Å². The fourth-order valence-corrected chi connectivity index (χ4v) is 6.89. The van der Waals surface area contributed by atoms with Gasteiger partial charge in [-0.2, -0.15) is 0 Å².